The van der Waals surface area contributed by atoms with Crippen LogP contribution in [0.15, 0.2) is 53.7 Å². The van der Waals surface area contributed by atoms with Crippen LogP contribution in [0.3, 0.4) is 0 Å². The second kappa shape index (κ2) is 10.5. The number of aromatic amines is 1. The zero-order valence-electron chi connectivity index (χ0n) is 15.8. The van der Waals surface area contributed by atoms with Gasteiger partial charge in [0.15, 0.2) is 12.4 Å². The molecule has 0 saturated carbocycles. The summed E-state index contributed by atoms with van der Waals surface area (Å²) in [5.74, 6) is 0.717. The number of thioether (sulfide) groups is 1. The minimum Gasteiger partial charge on any atom is -0.496 e. The van der Waals surface area contributed by atoms with Gasteiger partial charge in [-0.15, -0.1) is 5.10 Å². The average Bonchev–Trinajstić information content (AvgIpc) is 3.24. The van der Waals surface area contributed by atoms with Gasteiger partial charge < -0.3 is 9.47 Å². The number of carbonyl (C=O) groups excluding carboxylic acids is 2. The van der Waals surface area contributed by atoms with Crippen molar-refractivity contribution in [2.24, 2.45) is 0 Å². The lowest BCUT2D eigenvalue weighted by Crippen LogP contribution is -2.44. The minimum atomic E-state index is -0.481. The number of aromatic nitrogens is 3. The van der Waals surface area contributed by atoms with Crippen molar-refractivity contribution < 1.29 is 19.1 Å². The molecule has 0 radical (unpaired) electrons. The van der Waals surface area contributed by atoms with Crippen LogP contribution in [-0.2, 0) is 9.59 Å². The van der Waals surface area contributed by atoms with Gasteiger partial charge in [-0.05, 0) is 30.3 Å². The monoisotopic (exact) mass is 447 g/mol. The lowest BCUT2D eigenvalue weighted by atomic mass is 10.2. The van der Waals surface area contributed by atoms with E-state index in [0.29, 0.717) is 33.1 Å². The number of nitrogens with one attached hydrogen (secondary N) is 3. The van der Waals surface area contributed by atoms with Gasteiger partial charge in [0.05, 0.1) is 18.4 Å². The second-order valence-corrected chi connectivity index (χ2v) is 7.18. The Morgan fingerprint density at radius 1 is 1.13 bits per heavy atom. The Labute approximate surface area is 181 Å². The fourth-order valence-corrected chi connectivity index (χ4v) is 3.07. The summed E-state index contributed by atoms with van der Waals surface area (Å²) < 4.78 is 10.6. The first-order chi connectivity index (χ1) is 14.5. The maximum absolute atomic E-state index is 11.9. The van der Waals surface area contributed by atoms with E-state index in [1.165, 1.54) is 0 Å². The number of rotatable bonds is 8. The van der Waals surface area contributed by atoms with Crippen LogP contribution >= 0.6 is 23.4 Å². The van der Waals surface area contributed by atoms with Gasteiger partial charge >= 0.3 is 0 Å². The Hall–Kier alpha value is -3.24. The van der Waals surface area contributed by atoms with Crippen LogP contribution < -0.4 is 20.3 Å². The molecule has 0 atom stereocenters. The molecule has 0 aliphatic rings. The molecule has 0 aliphatic heterocycles. The van der Waals surface area contributed by atoms with Crippen molar-refractivity contribution in [2.75, 3.05) is 19.5 Å². The number of H-pyrrole nitrogens is 1. The maximum atomic E-state index is 11.9. The maximum Gasteiger partial charge on any atom is 0.276 e. The molecule has 0 fully saturated rings. The summed E-state index contributed by atoms with van der Waals surface area (Å²) in [5.41, 5.74) is 5.25. The smallest absolute Gasteiger partial charge is 0.276 e. The Kier molecular flexibility index (Phi) is 7.52. The van der Waals surface area contributed by atoms with E-state index in [2.05, 4.69) is 26.0 Å². The number of ether oxygens (including phenoxy) is 2. The first-order valence-electron chi connectivity index (χ1n) is 8.70. The first-order valence-corrected chi connectivity index (χ1v) is 10.1. The quantitative estimate of drug-likeness (QED) is 0.358. The summed E-state index contributed by atoms with van der Waals surface area (Å²) in [5, 5.41) is 7.75. The highest BCUT2D eigenvalue weighted by Gasteiger charge is 2.13. The zero-order valence-corrected chi connectivity index (χ0v) is 17.4. The van der Waals surface area contributed by atoms with Gasteiger partial charge in [0.1, 0.15) is 11.5 Å². The van der Waals surface area contributed by atoms with Crippen molar-refractivity contribution in [3.05, 3.63) is 53.6 Å². The first kappa shape index (κ1) is 21.5. The Morgan fingerprint density at radius 3 is 2.67 bits per heavy atom. The predicted octanol–water partition coefficient (Wildman–Crippen LogP) is 2.45. The highest BCUT2D eigenvalue weighted by molar-refractivity contribution is 7.99. The van der Waals surface area contributed by atoms with E-state index in [4.69, 9.17) is 21.1 Å². The van der Waals surface area contributed by atoms with Gasteiger partial charge in [-0.25, -0.2) is 4.98 Å². The lowest BCUT2D eigenvalue weighted by molar-refractivity contribution is -0.128. The number of halogens is 1. The van der Waals surface area contributed by atoms with E-state index in [-0.39, 0.29) is 12.4 Å². The highest BCUT2D eigenvalue weighted by atomic mass is 35.5. The molecule has 11 heteroatoms. The van der Waals surface area contributed by atoms with Crippen molar-refractivity contribution in [3.8, 4) is 22.9 Å². The fraction of sp³-hybridized carbons (Fsp3) is 0.158. The van der Waals surface area contributed by atoms with Crippen molar-refractivity contribution in [1.82, 2.24) is 26.0 Å². The largest absolute Gasteiger partial charge is 0.496 e. The number of hydrogen-bond donors (Lipinski definition) is 3. The summed E-state index contributed by atoms with van der Waals surface area (Å²) in [6.07, 6.45) is 0. The van der Waals surface area contributed by atoms with Crippen molar-refractivity contribution in [2.45, 2.75) is 5.16 Å². The average molecular weight is 448 g/mol. The summed E-state index contributed by atoms with van der Waals surface area (Å²) >= 11 is 7.13. The van der Waals surface area contributed by atoms with E-state index in [1.54, 1.807) is 49.6 Å². The molecule has 0 unspecified atom stereocenters. The molecule has 1 heterocycles. The molecule has 0 aliphatic carbocycles. The summed E-state index contributed by atoms with van der Waals surface area (Å²) in [7, 11) is 1.54. The van der Waals surface area contributed by atoms with Crippen LogP contribution in [0.1, 0.15) is 0 Å². The van der Waals surface area contributed by atoms with E-state index in [0.717, 1.165) is 11.8 Å². The SMILES string of the molecule is COc1ccc(Cl)cc1-c1nc(SCC(=O)NNC(=O)COc2ccccc2)n[nH]1. The third-order valence-corrected chi connectivity index (χ3v) is 4.75. The Bertz CT molecular complexity index is 1020. The molecule has 0 spiro atoms. The van der Waals surface area contributed by atoms with Crippen LogP contribution in [0, 0.1) is 0 Å². The summed E-state index contributed by atoms with van der Waals surface area (Å²) in [6.45, 7) is -0.219. The Balaban J connectivity index is 1.44. The molecule has 3 aromatic rings. The number of amides is 2. The predicted molar refractivity (Wildman–Crippen MR) is 112 cm³/mol. The molecule has 0 saturated heterocycles. The summed E-state index contributed by atoms with van der Waals surface area (Å²) in [4.78, 5) is 28.0. The number of hydrogen-bond acceptors (Lipinski definition) is 7. The molecule has 156 valence electrons. The van der Waals surface area contributed by atoms with Crippen LogP contribution in [0.4, 0.5) is 0 Å². The van der Waals surface area contributed by atoms with Gasteiger partial charge in [0, 0.05) is 5.02 Å². The van der Waals surface area contributed by atoms with Gasteiger partial charge in [0.2, 0.25) is 11.1 Å². The van der Waals surface area contributed by atoms with Gasteiger partial charge in [0.25, 0.3) is 5.91 Å². The standard InChI is InChI=1S/C19H18ClN5O4S/c1-28-15-8-7-12(20)9-14(15)18-21-19(25-24-18)30-11-17(27)23-22-16(26)10-29-13-5-3-2-4-6-13/h2-9H,10-11H2,1H3,(H,22,26)(H,23,27)(H,21,24,25). The number of methoxy groups -OCH3 is 1. The zero-order chi connectivity index (χ0) is 21.3. The van der Waals surface area contributed by atoms with Crippen LogP contribution in [-0.4, -0.2) is 46.5 Å². The molecule has 2 amide bonds. The van der Waals surface area contributed by atoms with Crippen molar-refractivity contribution >= 4 is 35.2 Å². The third kappa shape index (κ3) is 6.13. The van der Waals surface area contributed by atoms with E-state index < -0.39 is 11.8 Å². The van der Waals surface area contributed by atoms with Crippen LogP contribution in [0.5, 0.6) is 11.5 Å². The number of hydrazine groups is 1. The van der Waals surface area contributed by atoms with Gasteiger partial charge in [-0.2, -0.15) is 0 Å². The Morgan fingerprint density at radius 2 is 1.90 bits per heavy atom. The molecule has 0 bridgehead atoms. The molecule has 9 nitrogen and oxygen atoms in total. The number of para-hydroxylation sites is 1. The second-order valence-electron chi connectivity index (χ2n) is 5.80. The van der Waals surface area contributed by atoms with E-state index >= 15 is 0 Å². The number of nitrogens with zero attached hydrogens (tertiary/aromatic N) is 2. The third-order valence-electron chi connectivity index (χ3n) is 3.67. The molecular formula is C19H18ClN5O4S. The summed E-state index contributed by atoms with van der Waals surface area (Å²) in [6, 6.07) is 14.0. The van der Waals surface area contributed by atoms with Crippen molar-refractivity contribution in [3.63, 3.8) is 0 Å². The van der Waals surface area contributed by atoms with Crippen LogP contribution in [0.25, 0.3) is 11.4 Å². The van der Waals surface area contributed by atoms with Crippen LogP contribution in [0.2, 0.25) is 5.02 Å². The molecule has 2 aromatic carbocycles. The van der Waals surface area contributed by atoms with E-state index in [1.807, 2.05) is 6.07 Å². The van der Waals surface area contributed by atoms with Gasteiger partial charge in [-0.1, -0.05) is 41.6 Å². The minimum absolute atomic E-state index is 0.00377. The lowest BCUT2D eigenvalue weighted by Gasteiger charge is -2.08. The normalized spacial score (nSPS) is 10.3. The number of benzene rings is 2. The highest BCUT2D eigenvalue weighted by Crippen LogP contribution is 2.31. The molecule has 3 N–H and O–H groups in total. The number of carbonyl (C=O) groups is 2. The van der Waals surface area contributed by atoms with Crippen molar-refractivity contribution in [1.29, 1.82) is 0 Å². The fourth-order valence-electron chi connectivity index (χ4n) is 2.30. The molecular weight excluding hydrogens is 430 g/mol. The molecule has 1 aromatic heterocycles. The molecule has 30 heavy (non-hydrogen) atoms. The molecule has 3 rings (SSSR count). The van der Waals surface area contributed by atoms with Gasteiger partial charge in [-0.3, -0.25) is 25.5 Å². The van der Waals surface area contributed by atoms with E-state index in [9.17, 15) is 9.59 Å². The topological polar surface area (TPSA) is 118 Å².